The van der Waals surface area contributed by atoms with Gasteiger partial charge in [0.05, 0.1) is 0 Å². The molecule has 0 spiro atoms. The van der Waals surface area contributed by atoms with Gasteiger partial charge in [0, 0.05) is 12.0 Å². The molecule has 1 saturated carbocycles. The third-order valence-corrected chi connectivity index (χ3v) is 4.82. The molecule has 112 valence electrons. The Morgan fingerprint density at radius 3 is 2.40 bits per heavy atom. The zero-order chi connectivity index (χ0) is 14.4. The number of nitrogens with one attached hydrogen (secondary N) is 1. The van der Waals surface area contributed by atoms with Crippen molar-refractivity contribution in [3.05, 3.63) is 35.9 Å². The number of hydrogen-bond acceptors (Lipinski definition) is 1. The highest BCUT2D eigenvalue weighted by Crippen LogP contribution is 2.39. The normalized spacial score (nSPS) is 19.6. The van der Waals surface area contributed by atoms with Crippen molar-refractivity contribution in [3.63, 3.8) is 0 Å². The van der Waals surface area contributed by atoms with Crippen LogP contribution in [0.25, 0.3) is 0 Å². The lowest BCUT2D eigenvalue weighted by atomic mass is 9.78. The summed E-state index contributed by atoms with van der Waals surface area (Å²) in [6.45, 7) is 8.17. The van der Waals surface area contributed by atoms with E-state index in [0.29, 0.717) is 12.0 Å². The molecule has 0 aliphatic heterocycles. The van der Waals surface area contributed by atoms with Crippen molar-refractivity contribution in [1.29, 1.82) is 0 Å². The molecule has 20 heavy (non-hydrogen) atoms. The Hall–Kier alpha value is -0.820. The zero-order valence-electron chi connectivity index (χ0n) is 13.4. The first kappa shape index (κ1) is 15.6. The summed E-state index contributed by atoms with van der Waals surface area (Å²) in [6, 6.07) is 11.8. The molecule has 0 radical (unpaired) electrons. The van der Waals surface area contributed by atoms with Crippen LogP contribution in [0.3, 0.4) is 0 Å². The second kappa shape index (κ2) is 7.83. The van der Waals surface area contributed by atoms with Gasteiger partial charge in [-0.25, -0.2) is 0 Å². The van der Waals surface area contributed by atoms with Gasteiger partial charge in [0.15, 0.2) is 0 Å². The third kappa shape index (κ3) is 4.34. The first-order valence-electron chi connectivity index (χ1n) is 8.54. The largest absolute Gasteiger partial charge is 0.313 e. The second-order valence-corrected chi connectivity index (χ2v) is 6.56. The van der Waals surface area contributed by atoms with E-state index in [9.17, 15) is 0 Å². The van der Waals surface area contributed by atoms with E-state index in [4.69, 9.17) is 0 Å². The average Bonchev–Trinajstić information content (AvgIpc) is 3.29. The Balaban J connectivity index is 2.16. The first-order valence-corrected chi connectivity index (χ1v) is 8.54. The Labute approximate surface area is 125 Å². The van der Waals surface area contributed by atoms with E-state index in [1.807, 2.05) is 0 Å². The maximum absolute atomic E-state index is 3.85. The maximum Gasteiger partial charge on any atom is 0.0141 e. The molecule has 0 amide bonds. The predicted molar refractivity (Wildman–Crippen MR) is 88.1 cm³/mol. The summed E-state index contributed by atoms with van der Waals surface area (Å²) in [7, 11) is 0. The zero-order valence-corrected chi connectivity index (χ0v) is 13.4. The summed E-state index contributed by atoms with van der Waals surface area (Å²) < 4.78 is 0. The van der Waals surface area contributed by atoms with Gasteiger partial charge in [0.2, 0.25) is 0 Å². The van der Waals surface area contributed by atoms with Crippen LogP contribution in [0, 0.1) is 11.8 Å². The minimum atomic E-state index is 0.653. The third-order valence-electron chi connectivity index (χ3n) is 4.82. The Morgan fingerprint density at radius 2 is 1.85 bits per heavy atom. The van der Waals surface area contributed by atoms with E-state index >= 15 is 0 Å². The molecule has 0 heterocycles. The molecule has 0 saturated heterocycles. The van der Waals surface area contributed by atoms with Crippen molar-refractivity contribution < 1.29 is 0 Å². The summed E-state index contributed by atoms with van der Waals surface area (Å²) in [5.41, 5.74) is 1.52. The fourth-order valence-corrected chi connectivity index (χ4v) is 3.29. The summed E-state index contributed by atoms with van der Waals surface area (Å²) >= 11 is 0. The molecule has 1 aromatic rings. The SMILES string of the molecule is CCCNC(CC1CC1)C(c1ccccc1)C(C)CC. The molecule has 0 aromatic heterocycles. The molecule has 1 nitrogen and oxygen atoms in total. The van der Waals surface area contributed by atoms with Gasteiger partial charge >= 0.3 is 0 Å². The Kier molecular flexibility index (Phi) is 6.09. The molecule has 1 N–H and O–H groups in total. The quantitative estimate of drug-likeness (QED) is 0.668. The van der Waals surface area contributed by atoms with Crippen LogP contribution >= 0.6 is 0 Å². The van der Waals surface area contributed by atoms with Crippen molar-refractivity contribution in [2.75, 3.05) is 6.54 Å². The van der Waals surface area contributed by atoms with Gasteiger partial charge in [-0.05, 0) is 36.8 Å². The van der Waals surface area contributed by atoms with Gasteiger partial charge in [0.1, 0.15) is 0 Å². The van der Waals surface area contributed by atoms with Crippen molar-refractivity contribution in [3.8, 4) is 0 Å². The number of rotatable bonds is 9. The second-order valence-electron chi connectivity index (χ2n) is 6.56. The van der Waals surface area contributed by atoms with Crippen LogP contribution in [-0.4, -0.2) is 12.6 Å². The number of benzene rings is 1. The summed E-state index contributed by atoms with van der Waals surface area (Å²) in [5, 5.41) is 3.85. The van der Waals surface area contributed by atoms with Crippen LogP contribution in [0.1, 0.15) is 64.4 Å². The summed E-state index contributed by atoms with van der Waals surface area (Å²) in [5.74, 6) is 2.39. The van der Waals surface area contributed by atoms with E-state index in [2.05, 4.69) is 56.4 Å². The van der Waals surface area contributed by atoms with Crippen molar-refractivity contribution in [1.82, 2.24) is 5.32 Å². The first-order chi connectivity index (χ1) is 9.76. The fraction of sp³-hybridized carbons (Fsp3) is 0.684. The van der Waals surface area contributed by atoms with Crippen molar-refractivity contribution >= 4 is 0 Å². The highest BCUT2D eigenvalue weighted by atomic mass is 14.9. The summed E-state index contributed by atoms with van der Waals surface area (Å²) in [4.78, 5) is 0. The lowest BCUT2D eigenvalue weighted by Gasteiger charge is -2.33. The minimum Gasteiger partial charge on any atom is -0.313 e. The minimum absolute atomic E-state index is 0.653. The van der Waals surface area contributed by atoms with Crippen LogP contribution < -0.4 is 5.32 Å². The van der Waals surface area contributed by atoms with Crippen molar-refractivity contribution in [2.24, 2.45) is 11.8 Å². The lowest BCUT2D eigenvalue weighted by Crippen LogP contribution is -2.38. The maximum atomic E-state index is 3.85. The molecular formula is C19H31N. The van der Waals surface area contributed by atoms with Gasteiger partial charge < -0.3 is 5.32 Å². The molecule has 1 aliphatic rings. The highest BCUT2D eigenvalue weighted by molar-refractivity contribution is 5.22. The van der Waals surface area contributed by atoms with Crippen LogP contribution in [0.5, 0.6) is 0 Å². The van der Waals surface area contributed by atoms with E-state index in [1.54, 1.807) is 0 Å². The van der Waals surface area contributed by atoms with E-state index in [-0.39, 0.29) is 0 Å². The fourth-order valence-electron chi connectivity index (χ4n) is 3.29. The molecule has 3 unspecified atom stereocenters. The van der Waals surface area contributed by atoms with Crippen LogP contribution in [0.4, 0.5) is 0 Å². The highest BCUT2D eigenvalue weighted by Gasteiger charge is 2.32. The molecule has 0 bridgehead atoms. The predicted octanol–water partition coefficient (Wildman–Crippen LogP) is 4.98. The van der Waals surface area contributed by atoms with Crippen LogP contribution in [0.15, 0.2) is 30.3 Å². The standard InChI is InChI=1S/C19H31N/c1-4-13-20-18(14-16-11-12-16)19(15(3)5-2)17-9-7-6-8-10-17/h6-10,15-16,18-20H,4-5,11-14H2,1-3H3. The van der Waals surface area contributed by atoms with E-state index in [0.717, 1.165) is 18.4 Å². The van der Waals surface area contributed by atoms with E-state index in [1.165, 1.54) is 37.7 Å². The molecule has 1 aliphatic carbocycles. The van der Waals surface area contributed by atoms with Gasteiger partial charge in [-0.1, -0.05) is 70.4 Å². The molecule has 1 heteroatoms. The van der Waals surface area contributed by atoms with Gasteiger partial charge in [-0.3, -0.25) is 0 Å². The molecule has 2 rings (SSSR count). The molecule has 1 fully saturated rings. The topological polar surface area (TPSA) is 12.0 Å². The smallest absolute Gasteiger partial charge is 0.0141 e. The molecular weight excluding hydrogens is 242 g/mol. The molecule has 3 atom stereocenters. The van der Waals surface area contributed by atoms with Gasteiger partial charge in [-0.15, -0.1) is 0 Å². The Morgan fingerprint density at radius 1 is 1.15 bits per heavy atom. The monoisotopic (exact) mass is 273 g/mol. The van der Waals surface area contributed by atoms with Crippen molar-refractivity contribution in [2.45, 2.75) is 64.8 Å². The van der Waals surface area contributed by atoms with E-state index < -0.39 is 0 Å². The summed E-state index contributed by atoms with van der Waals surface area (Å²) in [6.07, 6.45) is 6.75. The number of hydrogen-bond donors (Lipinski definition) is 1. The average molecular weight is 273 g/mol. The van der Waals surface area contributed by atoms with Gasteiger partial charge in [-0.2, -0.15) is 0 Å². The molecule has 1 aromatic carbocycles. The van der Waals surface area contributed by atoms with Gasteiger partial charge in [0.25, 0.3) is 0 Å². The van der Waals surface area contributed by atoms with Crippen LogP contribution in [-0.2, 0) is 0 Å². The Bertz CT molecular complexity index is 369. The lowest BCUT2D eigenvalue weighted by molar-refractivity contribution is 0.311. The van der Waals surface area contributed by atoms with Crippen LogP contribution in [0.2, 0.25) is 0 Å².